The molecule has 23 heavy (non-hydrogen) atoms. The molecule has 0 radical (unpaired) electrons. The maximum Gasteiger partial charge on any atom is 0.116 e. The van der Waals surface area contributed by atoms with Crippen molar-refractivity contribution in [2.24, 2.45) is 0 Å². The second-order valence-electron chi connectivity index (χ2n) is 6.13. The number of aromatic nitrogens is 1. The van der Waals surface area contributed by atoms with E-state index >= 15 is 0 Å². The predicted octanol–water partition coefficient (Wildman–Crippen LogP) is 4.16. The molecule has 2 heterocycles. The standard InChI is InChI=1S/C20H20N2O/c23-17-6-7-20-18(12-17)19(13-21-20)16-8-10-22(11-9-16)14-15-4-2-1-3-5-15/h1-8,12-13,21,23H,9-11,14H2. The molecule has 0 saturated carbocycles. The summed E-state index contributed by atoms with van der Waals surface area (Å²) in [5.41, 5.74) is 5.02. The van der Waals surface area contributed by atoms with Gasteiger partial charge in [0.15, 0.2) is 0 Å². The Bertz CT molecular complexity index is 848. The van der Waals surface area contributed by atoms with Crippen LogP contribution >= 0.6 is 0 Å². The zero-order valence-electron chi connectivity index (χ0n) is 13.0. The minimum absolute atomic E-state index is 0.320. The highest BCUT2D eigenvalue weighted by molar-refractivity contribution is 5.93. The second-order valence-corrected chi connectivity index (χ2v) is 6.13. The lowest BCUT2D eigenvalue weighted by molar-refractivity contribution is 0.294. The summed E-state index contributed by atoms with van der Waals surface area (Å²) < 4.78 is 0. The van der Waals surface area contributed by atoms with Crippen LogP contribution in [0, 0.1) is 0 Å². The Balaban J connectivity index is 1.54. The van der Waals surface area contributed by atoms with E-state index in [1.54, 1.807) is 6.07 Å². The number of hydrogen-bond donors (Lipinski definition) is 2. The smallest absolute Gasteiger partial charge is 0.116 e. The molecule has 1 aromatic heterocycles. The molecule has 0 aliphatic carbocycles. The summed E-state index contributed by atoms with van der Waals surface area (Å²) in [6.07, 6.45) is 5.41. The number of phenolic OH excluding ortho intramolecular Hbond substituents is 1. The van der Waals surface area contributed by atoms with Gasteiger partial charge in [0, 0.05) is 42.3 Å². The summed E-state index contributed by atoms with van der Waals surface area (Å²) in [5, 5.41) is 10.8. The number of benzene rings is 2. The van der Waals surface area contributed by atoms with E-state index in [0.29, 0.717) is 5.75 Å². The number of aromatic amines is 1. The van der Waals surface area contributed by atoms with Crippen LogP contribution in [-0.4, -0.2) is 28.1 Å². The fourth-order valence-electron chi connectivity index (χ4n) is 3.32. The Morgan fingerprint density at radius 2 is 1.96 bits per heavy atom. The molecular formula is C20H20N2O. The minimum atomic E-state index is 0.320. The Labute approximate surface area is 135 Å². The topological polar surface area (TPSA) is 39.3 Å². The summed E-state index contributed by atoms with van der Waals surface area (Å²) in [7, 11) is 0. The van der Waals surface area contributed by atoms with Crippen LogP contribution in [0.5, 0.6) is 5.75 Å². The van der Waals surface area contributed by atoms with Gasteiger partial charge in [-0.1, -0.05) is 36.4 Å². The lowest BCUT2D eigenvalue weighted by Crippen LogP contribution is -2.27. The fourth-order valence-corrected chi connectivity index (χ4v) is 3.32. The Hall–Kier alpha value is -2.52. The van der Waals surface area contributed by atoms with Gasteiger partial charge in [0.25, 0.3) is 0 Å². The molecule has 0 bridgehead atoms. The number of fused-ring (bicyclic) bond motifs is 1. The zero-order valence-corrected chi connectivity index (χ0v) is 13.0. The normalized spacial score (nSPS) is 15.7. The van der Waals surface area contributed by atoms with E-state index in [1.165, 1.54) is 16.7 Å². The first-order chi connectivity index (χ1) is 11.3. The fraction of sp³-hybridized carbons (Fsp3) is 0.200. The second kappa shape index (κ2) is 5.94. The predicted molar refractivity (Wildman–Crippen MR) is 94.3 cm³/mol. The van der Waals surface area contributed by atoms with Crippen LogP contribution in [0.1, 0.15) is 17.5 Å². The SMILES string of the molecule is Oc1ccc2[nH]cc(C3=CCN(Cc4ccccc4)CC3)c2c1. The van der Waals surface area contributed by atoms with Gasteiger partial charge in [0.05, 0.1) is 0 Å². The lowest BCUT2D eigenvalue weighted by atomic mass is 9.98. The number of phenols is 1. The van der Waals surface area contributed by atoms with Crippen molar-refractivity contribution in [3.8, 4) is 5.75 Å². The van der Waals surface area contributed by atoms with E-state index in [2.05, 4.69) is 52.5 Å². The molecule has 1 aliphatic heterocycles. The monoisotopic (exact) mass is 304 g/mol. The minimum Gasteiger partial charge on any atom is -0.508 e. The van der Waals surface area contributed by atoms with Crippen LogP contribution in [0.25, 0.3) is 16.5 Å². The first-order valence-corrected chi connectivity index (χ1v) is 8.05. The largest absolute Gasteiger partial charge is 0.508 e. The van der Waals surface area contributed by atoms with Crippen LogP contribution in [-0.2, 0) is 6.54 Å². The van der Waals surface area contributed by atoms with Gasteiger partial charge < -0.3 is 10.1 Å². The molecule has 1 aliphatic rings. The van der Waals surface area contributed by atoms with Gasteiger partial charge in [-0.3, -0.25) is 4.90 Å². The summed E-state index contributed by atoms with van der Waals surface area (Å²) in [5.74, 6) is 0.320. The number of rotatable bonds is 3. The number of nitrogens with zero attached hydrogens (tertiary/aromatic N) is 1. The van der Waals surface area contributed by atoms with Gasteiger partial charge in [-0.25, -0.2) is 0 Å². The van der Waals surface area contributed by atoms with Crippen LogP contribution in [0.2, 0.25) is 0 Å². The van der Waals surface area contributed by atoms with Crippen molar-refractivity contribution in [3.63, 3.8) is 0 Å². The highest BCUT2D eigenvalue weighted by atomic mass is 16.3. The van der Waals surface area contributed by atoms with Gasteiger partial charge in [-0.05, 0) is 35.8 Å². The molecule has 4 rings (SSSR count). The van der Waals surface area contributed by atoms with Crippen molar-refractivity contribution in [2.75, 3.05) is 13.1 Å². The van der Waals surface area contributed by atoms with E-state index in [0.717, 1.165) is 37.0 Å². The number of aromatic hydroxyl groups is 1. The van der Waals surface area contributed by atoms with Crippen LogP contribution in [0.3, 0.4) is 0 Å². The van der Waals surface area contributed by atoms with Crippen molar-refractivity contribution >= 4 is 16.5 Å². The maximum atomic E-state index is 9.74. The molecule has 0 spiro atoms. The van der Waals surface area contributed by atoms with Gasteiger partial charge >= 0.3 is 0 Å². The molecule has 3 aromatic rings. The average Bonchev–Trinajstić information content (AvgIpc) is 2.99. The van der Waals surface area contributed by atoms with Crippen molar-refractivity contribution < 1.29 is 5.11 Å². The van der Waals surface area contributed by atoms with Crippen LogP contribution in [0.15, 0.2) is 60.8 Å². The molecule has 2 N–H and O–H groups in total. The van der Waals surface area contributed by atoms with E-state index in [9.17, 15) is 5.11 Å². The molecule has 0 atom stereocenters. The highest BCUT2D eigenvalue weighted by Crippen LogP contribution is 2.31. The first kappa shape index (κ1) is 14.1. The van der Waals surface area contributed by atoms with Gasteiger partial charge in [0.2, 0.25) is 0 Å². The lowest BCUT2D eigenvalue weighted by Gasteiger charge is -2.26. The average molecular weight is 304 g/mol. The van der Waals surface area contributed by atoms with Crippen molar-refractivity contribution in [2.45, 2.75) is 13.0 Å². The number of H-pyrrole nitrogens is 1. The molecular weight excluding hydrogens is 284 g/mol. The molecule has 0 unspecified atom stereocenters. The van der Waals surface area contributed by atoms with E-state index in [1.807, 2.05) is 12.1 Å². The number of nitrogens with one attached hydrogen (secondary N) is 1. The quantitative estimate of drug-likeness (QED) is 0.762. The third-order valence-corrected chi connectivity index (χ3v) is 4.55. The molecule has 3 nitrogen and oxygen atoms in total. The van der Waals surface area contributed by atoms with Crippen molar-refractivity contribution in [1.29, 1.82) is 0 Å². The molecule has 116 valence electrons. The highest BCUT2D eigenvalue weighted by Gasteiger charge is 2.16. The van der Waals surface area contributed by atoms with Crippen LogP contribution < -0.4 is 0 Å². The first-order valence-electron chi connectivity index (χ1n) is 8.05. The van der Waals surface area contributed by atoms with Gasteiger partial charge in [-0.15, -0.1) is 0 Å². The summed E-state index contributed by atoms with van der Waals surface area (Å²) in [6.45, 7) is 3.03. The van der Waals surface area contributed by atoms with Crippen molar-refractivity contribution in [1.82, 2.24) is 9.88 Å². The summed E-state index contributed by atoms with van der Waals surface area (Å²) in [4.78, 5) is 5.76. The third kappa shape index (κ3) is 2.88. The van der Waals surface area contributed by atoms with Gasteiger partial charge in [-0.2, -0.15) is 0 Å². The van der Waals surface area contributed by atoms with Crippen molar-refractivity contribution in [3.05, 3.63) is 71.9 Å². The molecule has 2 aromatic carbocycles. The Kier molecular flexibility index (Phi) is 3.64. The van der Waals surface area contributed by atoms with Crippen LogP contribution in [0.4, 0.5) is 0 Å². The zero-order chi connectivity index (χ0) is 15.6. The molecule has 0 amide bonds. The Morgan fingerprint density at radius 1 is 1.09 bits per heavy atom. The number of hydrogen-bond acceptors (Lipinski definition) is 2. The van der Waals surface area contributed by atoms with Gasteiger partial charge in [0.1, 0.15) is 5.75 Å². The molecule has 3 heteroatoms. The van der Waals surface area contributed by atoms with E-state index in [4.69, 9.17) is 0 Å². The molecule has 0 fully saturated rings. The molecule has 0 saturated heterocycles. The van der Waals surface area contributed by atoms with E-state index < -0.39 is 0 Å². The van der Waals surface area contributed by atoms with E-state index in [-0.39, 0.29) is 0 Å². The summed E-state index contributed by atoms with van der Waals surface area (Å²) in [6, 6.07) is 16.1. The Morgan fingerprint density at radius 3 is 2.74 bits per heavy atom. The third-order valence-electron chi connectivity index (χ3n) is 4.55. The maximum absolute atomic E-state index is 9.74. The summed E-state index contributed by atoms with van der Waals surface area (Å²) >= 11 is 0.